The average Bonchev–Trinajstić information content (AvgIpc) is 2.55. The molecule has 0 saturated heterocycles. The van der Waals surface area contributed by atoms with Crippen molar-refractivity contribution in [2.75, 3.05) is 7.11 Å². The summed E-state index contributed by atoms with van der Waals surface area (Å²) in [6.45, 7) is 8.43. The Bertz CT molecular complexity index is 423. The fourth-order valence-corrected chi connectivity index (χ4v) is 2.91. The standard InChI is InChI=1S/C14H26ClN3O/c1-7-10-12(15)11(18(5)17-10)8-9(16)13(19-6)14(2,3)4/h9,13H,7-8,16H2,1-6H3. The molecule has 4 nitrogen and oxygen atoms in total. The van der Waals surface area contributed by atoms with Gasteiger partial charge >= 0.3 is 0 Å². The molecular formula is C14H26ClN3O. The van der Waals surface area contributed by atoms with Crippen molar-refractivity contribution < 1.29 is 4.74 Å². The average molecular weight is 288 g/mol. The zero-order valence-electron chi connectivity index (χ0n) is 12.8. The Morgan fingerprint density at radius 3 is 2.37 bits per heavy atom. The molecule has 0 bridgehead atoms. The summed E-state index contributed by atoms with van der Waals surface area (Å²) in [6, 6.07) is -0.109. The summed E-state index contributed by atoms with van der Waals surface area (Å²) in [5.74, 6) is 0. The molecule has 5 heteroatoms. The van der Waals surface area contributed by atoms with E-state index in [9.17, 15) is 0 Å². The lowest BCUT2D eigenvalue weighted by atomic mass is 9.83. The Morgan fingerprint density at radius 1 is 1.42 bits per heavy atom. The summed E-state index contributed by atoms with van der Waals surface area (Å²) in [5.41, 5.74) is 8.21. The predicted octanol–water partition coefficient (Wildman–Crippen LogP) is 2.57. The van der Waals surface area contributed by atoms with E-state index in [0.717, 1.165) is 22.8 Å². The van der Waals surface area contributed by atoms with Crippen LogP contribution in [0.25, 0.3) is 0 Å². The largest absolute Gasteiger partial charge is 0.379 e. The van der Waals surface area contributed by atoms with Gasteiger partial charge in [0, 0.05) is 26.6 Å². The Morgan fingerprint density at radius 2 is 2.00 bits per heavy atom. The fourth-order valence-electron chi connectivity index (χ4n) is 2.54. The number of ether oxygens (including phenoxy) is 1. The van der Waals surface area contributed by atoms with E-state index in [1.165, 1.54) is 0 Å². The molecule has 1 aromatic rings. The van der Waals surface area contributed by atoms with Crippen LogP contribution >= 0.6 is 11.6 Å². The Balaban J connectivity index is 2.93. The molecule has 1 rings (SSSR count). The maximum absolute atomic E-state index is 6.36. The zero-order chi connectivity index (χ0) is 14.8. The highest BCUT2D eigenvalue weighted by atomic mass is 35.5. The first-order chi connectivity index (χ1) is 8.72. The highest BCUT2D eigenvalue weighted by molar-refractivity contribution is 6.31. The van der Waals surface area contributed by atoms with Crippen molar-refractivity contribution in [2.45, 2.75) is 52.7 Å². The third-order valence-electron chi connectivity index (χ3n) is 3.43. The van der Waals surface area contributed by atoms with Crippen LogP contribution in [0.3, 0.4) is 0 Å². The van der Waals surface area contributed by atoms with Gasteiger partial charge in [-0.25, -0.2) is 0 Å². The maximum atomic E-state index is 6.36. The normalized spacial score (nSPS) is 15.6. The molecular weight excluding hydrogens is 262 g/mol. The van der Waals surface area contributed by atoms with Gasteiger partial charge in [-0.15, -0.1) is 0 Å². The first kappa shape index (κ1) is 16.5. The van der Waals surface area contributed by atoms with Gasteiger partial charge in [-0.1, -0.05) is 39.3 Å². The highest BCUT2D eigenvalue weighted by Gasteiger charge is 2.31. The third-order valence-corrected chi connectivity index (χ3v) is 3.86. The van der Waals surface area contributed by atoms with E-state index < -0.39 is 0 Å². The Labute approximate surface area is 121 Å². The number of hydrogen-bond donors (Lipinski definition) is 1. The van der Waals surface area contributed by atoms with Crippen LogP contribution in [0.4, 0.5) is 0 Å². The fraction of sp³-hybridized carbons (Fsp3) is 0.786. The van der Waals surface area contributed by atoms with Crippen molar-refractivity contribution in [3.63, 3.8) is 0 Å². The van der Waals surface area contributed by atoms with E-state index in [-0.39, 0.29) is 17.6 Å². The summed E-state index contributed by atoms with van der Waals surface area (Å²) in [4.78, 5) is 0. The molecule has 0 aliphatic heterocycles. The SMILES string of the molecule is CCc1nn(C)c(CC(N)C(OC)C(C)(C)C)c1Cl. The number of nitrogens with two attached hydrogens (primary N) is 1. The molecule has 0 fully saturated rings. The number of aryl methyl sites for hydroxylation is 2. The van der Waals surface area contributed by atoms with E-state index in [1.807, 2.05) is 18.7 Å². The van der Waals surface area contributed by atoms with E-state index in [1.54, 1.807) is 7.11 Å². The first-order valence-corrected chi connectivity index (χ1v) is 7.08. The Hall–Kier alpha value is -0.580. The van der Waals surface area contributed by atoms with Gasteiger partial charge in [0.15, 0.2) is 0 Å². The van der Waals surface area contributed by atoms with Gasteiger partial charge in [0.25, 0.3) is 0 Å². The van der Waals surface area contributed by atoms with Crippen LogP contribution in [-0.4, -0.2) is 29.0 Å². The lowest BCUT2D eigenvalue weighted by Crippen LogP contribution is -2.46. The second-order valence-electron chi connectivity index (χ2n) is 6.07. The summed E-state index contributed by atoms with van der Waals surface area (Å²) in [6.07, 6.45) is 1.47. The molecule has 0 aliphatic rings. The smallest absolute Gasteiger partial charge is 0.0850 e. The highest BCUT2D eigenvalue weighted by Crippen LogP contribution is 2.28. The molecule has 0 amide bonds. The van der Waals surface area contributed by atoms with Crippen molar-refractivity contribution in [3.8, 4) is 0 Å². The number of hydrogen-bond acceptors (Lipinski definition) is 3. The van der Waals surface area contributed by atoms with Crippen molar-refractivity contribution in [2.24, 2.45) is 18.2 Å². The summed E-state index contributed by atoms with van der Waals surface area (Å²) >= 11 is 6.36. The predicted molar refractivity (Wildman–Crippen MR) is 79.5 cm³/mol. The minimum atomic E-state index is -0.109. The molecule has 110 valence electrons. The van der Waals surface area contributed by atoms with Gasteiger partial charge in [0.2, 0.25) is 0 Å². The van der Waals surface area contributed by atoms with Crippen molar-refractivity contribution in [1.29, 1.82) is 0 Å². The number of halogens is 1. The van der Waals surface area contributed by atoms with Crippen LogP contribution in [0.15, 0.2) is 0 Å². The summed E-state index contributed by atoms with van der Waals surface area (Å²) < 4.78 is 7.39. The van der Waals surface area contributed by atoms with E-state index in [2.05, 4.69) is 25.9 Å². The zero-order valence-corrected chi connectivity index (χ0v) is 13.6. The van der Waals surface area contributed by atoms with Crippen LogP contribution < -0.4 is 5.73 Å². The lowest BCUT2D eigenvalue weighted by Gasteiger charge is -2.34. The third kappa shape index (κ3) is 3.71. The van der Waals surface area contributed by atoms with Crippen LogP contribution in [0.1, 0.15) is 39.1 Å². The van der Waals surface area contributed by atoms with Gasteiger partial charge in [-0.3, -0.25) is 4.68 Å². The van der Waals surface area contributed by atoms with Gasteiger partial charge in [-0.05, 0) is 11.8 Å². The van der Waals surface area contributed by atoms with E-state index >= 15 is 0 Å². The van der Waals surface area contributed by atoms with Gasteiger partial charge < -0.3 is 10.5 Å². The molecule has 0 aromatic carbocycles. The van der Waals surface area contributed by atoms with Crippen LogP contribution in [0.5, 0.6) is 0 Å². The minimum absolute atomic E-state index is 0.00712. The molecule has 19 heavy (non-hydrogen) atoms. The van der Waals surface area contributed by atoms with Crippen molar-refractivity contribution in [1.82, 2.24) is 9.78 Å². The number of nitrogens with zero attached hydrogens (tertiary/aromatic N) is 2. The van der Waals surface area contributed by atoms with Crippen LogP contribution in [0.2, 0.25) is 5.02 Å². The second kappa shape index (κ2) is 6.25. The van der Waals surface area contributed by atoms with Crippen molar-refractivity contribution in [3.05, 3.63) is 16.4 Å². The molecule has 1 heterocycles. The van der Waals surface area contributed by atoms with Crippen molar-refractivity contribution >= 4 is 11.6 Å². The monoisotopic (exact) mass is 287 g/mol. The summed E-state index contributed by atoms with van der Waals surface area (Å²) in [7, 11) is 3.62. The maximum Gasteiger partial charge on any atom is 0.0850 e. The summed E-state index contributed by atoms with van der Waals surface area (Å²) in [5, 5.41) is 5.16. The minimum Gasteiger partial charge on any atom is -0.379 e. The molecule has 0 spiro atoms. The topological polar surface area (TPSA) is 53.1 Å². The number of methoxy groups -OCH3 is 1. The second-order valence-corrected chi connectivity index (χ2v) is 6.45. The van der Waals surface area contributed by atoms with Gasteiger partial charge in [0.1, 0.15) is 0 Å². The van der Waals surface area contributed by atoms with Crippen LogP contribution in [-0.2, 0) is 24.6 Å². The number of aromatic nitrogens is 2. The molecule has 0 radical (unpaired) electrons. The lowest BCUT2D eigenvalue weighted by molar-refractivity contribution is -0.00200. The molecule has 2 unspecified atom stereocenters. The van der Waals surface area contributed by atoms with E-state index in [4.69, 9.17) is 22.1 Å². The molecule has 0 aliphatic carbocycles. The molecule has 2 atom stereocenters. The molecule has 1 aromatic heterocycles. The van der Waals surface area contributed by atoms with Gasteiger partial charge in [0.05, 0.1) is 22.5 Å². The first-order valence-electron chi connectivity index (χ1n) is 6.71. The quantitative estimate of drug-likeness (QED) is 0.905. The van der Waals surface area contributed by atoms with Gasteiger partial charge in [-0.2, -0.15) is 5.10 Å². The van der Waals surface area contributed by atoms with Crippen LogP contribution in [0, 0.1) is 5.41 Å². The Kier molecular flexibility index (Phi) is 5.42. The molecule has 2 N–H and O–H groups in total. The molecule has 0 saturated carbocycles. The number of rotatable bonds is 5. The van der Waals surface area contributed by atoms with E-state index in [0.29, 0.717) is 6.42 Å².